The maximum Gasteiger partial charge on any atom is 0.114 e. The van der Waals surface area contributed by atoms with Crippen LogP contribution in [0, 0.1) is 0 Å². The third kappa shape index (κ3) is 15.1. The molecule has 0 aromatic heterocycles. The van der Waals surface area contributed by atoms with Gasteiger partial charge < -0.3 is 24.8 Å². The highest BCUT2D eigenvalue weighted by atomic mass is 16.5. The quantitative estimate of drug-likeness (QED) is 0.166. The first-order valence-corrected chi connectivity index (χ1v) is 13.0. The molecule has 3 N–H and O–H groups in total. The largest absolute Gasteiger partial charge is 0.388 e. The molecule has 31 heavy (non-hydrogen) atoms. The van der Waals surface area contributed by atoms with Crippen molar-refractivity contribution in [3.8, 4) is 0 Å². The van der Waals surface area contributed by atoms with Gasteiger partial charge in [0, 0.05) is 6.61 Å². The Morgan fingerprint density at radius 2 is 1.32 bits per heavy atom. The molecule has 0 aromatic rings. The van der Waals surface area contributed by atoms with Crippen LogP contribution in [0.2, 0.25) is 0 Å². The minimum Gasteiger partial charge on any atom is -0.388 e. The van der Waals surface area contributed by atoms with Gasteiger partial charge in [0.15, 0.2) is 0 Å². The Morgan fingerprint density at radius 1 is 0.806 bits per heavy atom. The van der Waals surface area contributed by atoms with Crippen molar-refractivity contribution in [2.45, 2.75) is 134 Å². The number of hydrogen-bond donors (Lipinski definition) is 3. The van der Waals surface area contributed by atoms with E-state index in [9.17, 15) is 15.3 Å². The Labute approximate surface area is 191 Å². The van der Waals surface area contributed by atoms with Crippen LogP contribution in [0.25, 0.3) is 0 Å². The van der Waals surface area contributed by atoms with Gasteiger partial charge >= 0.3 is 0 Å². The van der Waals surface area contributed by atoms with Gasteiger partial charge in [0.05, 0.1) is 13.2 Å². The Morgan fingerprint density at radius 3 is 1.84 bits per heavy atom. The predicted molar refractivity (Wildman–Crippen MR) is 127 cm³/mol. The zero-order valence-corrected chi connectivity index (χ0v) is 20.1. The molecule has 0 bridgehead atoms. The Kier molecular flexibility index (Phi) is 18.6. The lowest BCUT2D eigenvalue weighted by Gasteiger charge is -2.20. The molecule has 5 heteroatoms. The SMILES string of the molecule is CCCCCCCCCCCCCCC/C=C/CCCOC[C@@H](O)[C@@H]1OC[C@H](O)[C@@H]1O. The van der Waals surface area contributed by atoms with Gasteiger partial charge in [0.2, 0.25) is 0 Å². The molecular formula is C26H50O5. The summed E-state index contributed by atoms with van der Waals surface area (Å²) in [5.41, 5.74) is 0. The molecule has 1 fully saturated rings. The summed E-state index contributed by atoms with van der Waals surface area (Å²) in [6.07, 6.45) is 22.1. The highest BCUT2D eigenvalue weighted by molar-refractivity contribution is 4.87. The number of hydrogen-bond acceptors (Lipinski definition) is 5. The fraction of sp³-hybridized carbons (Fsp3) is 0.923. The monoisotopic (exact) mass is 442 g/mol. The lowest BCUT2D eigenvalue weighted by atomic mass is 10.0. The van der Waals surface area contributed by atoms with Crippen molar-refractivity contribution < 1.29 is 24.8 Å². The molecular weight excluding hydrogens is 392 g/mol. The van der Waals surface area contributed by atoms with Gasteiger partial charge in [-0.05, 0) is 25.7 Å². The highest BCUT2D eigenvalue weighted by Gasteiger charge is 2.39. The number of allylic oxidation sites excluding steroid dienone is 2. The summed E-state index contributed by atoms with van der Waals surface area (Å²) in [6, 6.07) is 0. The average molecular weight is 443 g/mol. The second-order valence-electron chi connectivity index (χ2n) is 9.14. The molecule has 1 rings (SSSR count). The highest BCUT2D eigenvalue weighted by Crippen LogP contribution is 2.18. The van der Waals surface area contributed by atoms with Gasteiger partial charge in [-0.1, -0.05) is 96.1 Å². The fourth-order valence-electron chi connectivity index (χ4n) is 4.08. The van der Waals surface area contributed by atoms with Crippen LogP contribution in [0.4, 0.5) is 0 Å². The van der Waals surface area contributed by atoms with E-state index in [-0.39, 0.29) is 13.2 Å². The topological polar surface area (TPSA) is 79.2 Å². The van der Waals surface area contributed by atoms with Crippen molar-refractivity contribution in [1.82, 2.24) is 0 Å². The molecule has 0 saturated carbocycles. The lowest BCUT2D eigenvalue weighted by Crippen LogP contribution is -2.40. The summed E-state index contributed by atoms with van der Waals surface area (Å²) >= 11 is 0. The van der Waals surface area contributed by atoms with Crippen molar-refractivity contribution in [1.29, 1.82) is 0 Å². The van der Waals surface area contributed by atoms with Crippen LogP contribution in [-0.4, -0.2) is 59.6 Å². The summed E-state index contributed by atoms with van der Waals surface area (Å²) in [4.78, 5) is 0. The average Bonchev–Trinajstić information content (AvgIpc) is 3.10. The standard InChI is InChI=1S/C26H50O5/c1-2-3-4-5-6-7-8-9-10-11-12-13-14-15-16-17-18-19-20-30-21-24(28)26-25(29)23(27)22-31-26/h16-17,23-29H,2-15,18-22H2,1H3/b17-16+/t23-,24+,25-,26-/m0/s1. The molecule has 0 aliphatic carbocycles. The first-order valence-electron chi connectivity index (χ1n) is 13.0. The molecule has 0 unspecified atom stereocenters. The molecule has 1 heterocycles. The normalized spacial score (nSPS) is 22.5. The summed E-state index contributed by atoms with van der Waals surface area (Å²) in [5, 5.41) is 29.1. The van der Waals surface area contributed by atoms with E-state index in [1.54, 1.807) is 0 Å². The van der Waals surface area contributed by atoms with Crippen LogP contribution >= 0.6 is 0 Å². The summed E-state index contributed by atoms with van der Waals surface area (Å²) in [7, 11) is 0. The maximum atomic E-state index is 9.95. The van der Waals surface area contributed by atoms with E-state index in [1.165, 1.54) is 83.5 Å². The van der Waals surface area contributed by atoms with E-state index >= 15 is 0 Å². The van der Waals surface area contributed by atoms with E-state index < -0.39 is 24.4 Å². The van der Waals surface area contributed by atoms with E-state index in [2.05, 4.69) is 19.1 Å². The molecule has 4 atom stereocenters. The Bertz CT molecular complexity index is 415. The molecule has 184 valence electrons. The van der Waals surface area contributed by atoms with Crippen LogP contribution in [0.5, 0.6) is 0 Å². The molecule has 1 saturated heterocycles. The molecule has 0 aromatic carbocycles. The van der Waals surface area contributed by atoms with Crippen LogP contribution in [0.1, 0.15) is 110 Å². The van der Waals surface area contributed by atoms with E-state index in [4.69, 9.17) is 9.47 Å². The fourth-order valence-corrected chi connectivity index (χ4v) is 4.08. The second kappa shape index (κ2) is 20.2. The first-order chi connectivity index (χ1) is 15.2. The van der Waals surface area contributed by atoms with Crippen molar-refractivity contribution in [3.63, 3.8) is 0 Å². The molecule has 0 radical (unpaired) electrons. The Hall–Kier alpha value is -0.460. The molecule has 5 nitrogen and oxygen atoms in total. The van der Waals surface area contributed by atoms with Crippen LogP contribution in [0.15, 0.2) is 12.2 Å². The van der Waals surface area contributed by atoms with E-state index in [1.807, 2.05) is 0 Å². The number of rotatable bonds is 21. The van der Waals surface area contributed by atoms with Crippen LogP contribution in [-0.2, 0) is 9.47 Å². The molecule has 1 aliphatic rings. The number of unbranched alkanes of at least 4 members (excludes halogenated alkanes) is 14. The smallest absolute Gasteiger partial charge is 0.114 e. The predicted octanol–water partition coefficient (Wildman–Crippen LogP) is 5.30. The van der Waals surface area contributed by atoms with Gasteiger partial charge in [0.1, 0.15) is 24.4 Å². The maximum absolute atomic E-state index is 9.95. The zero-order chi connectivity index (χ0) is 22.6. The number of ether oxygens (including phenoxy) is 2. The zero-order valence-electron chi connectivity index (χ0n) is 20.1. The lowest BCUT2D eigenvalue weighted by molar-refractivity contribution is -0.0811. The number of aliphatic hydroxyl groups is 3. The number of aliphatic hydroxyl groups excluding tert-OH is 3. The summed E-state index contributed by atoms with van der Waals surface area (Å²) in [5.74, 6) is 0. The summed E-state index contributed by atoms with van der Waals surface area (Å²) < 4.78 is 10.7. The van der Waals surface area contributed by atoms with Crippen molar-refractivity contribution in [3.05, 3.63) is 12.2 Å². The van der Waals surface area contributed by atoms with E-state index in [0.717, 1.165) is 19.3 Å². The minimum absolute atomic E-state index is 0.0624. The minimum atomic E-state index is -1.04. The first kappa shape index (κ1) is 28.6. The van der Waals surface area contributed by atoms with Crippen LogP contribution in [0.3, 0.4) is 0 Å². The summed E-state index contributed by atoms with van der Waals surface area (Å²) in [6.45, 7) is 3.04. The van der Waals surface area contributed by atoms with Crippen LogP contribution < -0.4 is 0 Å². The van der Waals surface area contributed by atoms with Gasteiger partial charge in [-0.15, -0.1) is 0 Å². The third-order valence-electron chi connectivity index (χ3n) is 6.16. The van der Waals surface area contributed by atoms with Gasteiger partial charge in [-0.2, -0.15) is 0 Å². The van der Waals surface area contributed by atoms with Gasteiger partial charge in [-0.3, -0.25) is 0 Å². The van der Waals surface area contributed by atoms with E-state index in [0.29, 0.717) is 6.61 Å². The van der Waals surface area contributed by atoms with Gasteiger partial charge in [0.25, 0.3) is 0 Å². The van der Waals surface area contributed by atoms with Gasteiger partial charge in [-0.25, -0.2) is 0 Å². The molecule has 0 amide bonds. The van der Waals surface area contributed by atoms with Crippen molar-refractivity contribution >= 4 is 0 Å². The molecule has 0 spiro atoms. The second-order valence-corrected chi connectivity index (χ2v) is 9.14. The van der Waals surface area contributed by atoms with Crippen molar-refractivity contribution in [2.75, 3.05) is 19.8 Å². The molecule has 1 aliphatic heterocycles. The third-order valence-corrected chi connectivity index (χ3v) is 6.16. The van der Waals surface area contributed by atoms with Crippen molar-refractivity contribution in [2.24, 2.45) is 0 Å². The Balaban J connectivity index is 1.77.